The van der Waals surface area contributed by atoms with Crippen LogP contribution in [0, 0.1) is 5.82 Å². The lowest BCUT2D eigenvalue weighted by atomic mass is 10.1. The number of amides is 1. The molecule has 0 aromatic heterocycles. The van der Waals surface area contributed by atoms with Crippen LogP contribution in [0.2, 0.25) is 0 Å². The van der Waals surface area contributed by atoms with E-state index in [0.29, 0.717) is 17.7 Å². The van der Waals surface area contributed by atoms with Crippen LogP contribution >= 0.6 is 0 Å². The molecule has 0 radical (unpaired) electrons. The van der Waals surface area contributed by atoms with Gasteiger partial charge in [-0.25, -0.2) is 9.18 Å². The first kappa shape index (κ1) is 18.9. The standard InChI is InChI=1S/C19H15F4NO3/c20-15-9-6-12(10-14(15)19(21,22)23)18(26)27-16(11-4-2-1-3-5-11)17(25)24-13-7-8-13/h1-6,9-10,13,16H,7-8H2,(H,24,25). The van der Waals surface area contributed by atoms with E-state index in [1.807, 2.05) is 0 Å². The molecule has 1 amide bonds. The van der Waals surface area contributed by atoms with Crippen molar-refractivity contribution in [3.05, 3.63) is 71.0 Å². The van der Waals surface area contributed by atoms with Crippen molar-refractivity contribution in [2.45, 2.75) is 31.2 Å². The third-order valence-electron chi connectivity index (χ3n) is 4.00. The van der Waals surface area contributed by atoms with E-state index in [9.17, 15) is 27.2 Å². The predicted octanol–water partition coefficient (Wildman–Crippen LogP) is 4.02. The molecule has 1 unspecified atom stereocenters. The fourth-order valence-corrected chi connectivity index (χ4v) is 2.45. The van der Waals surface area contributed by atoms with Gasteiger partial charge in [-0.2, -0.15) is 13.2 Å². The normalized spacial score (nSPS) is 15.1. The fraction of sp³-hybridized carbons (Fsp3) is 0.263. The van der Waals surface area contributed by atoms with Gasteiger partial charge in [0.25, 0.3) is 5.91 Å². The summed E-state index contributed by atoms with van der Waals surface area (Å²) in [6.07, 6.45) is -4.65. The highest BCUT2D eigenvalue weighted by Crippen LogP contribution is 2.32. The Balaban J connectivity index is 1.85. The van der Waals surface area contributed by atoms with Crippen molar-refractivity contribution in [3.8, 4) is 0 Å². The number of halogens is 4. The third-order valence-corrected chi connectivity index (χ3v) is 4.00. The number of benzene rings is 2. The molecule has 0 spiro atoms. The van der Waals surface area contributed by atoms with Gasteiger partial charge in [-0.1, -0.05) is 30.3 Å². The summed E-state index contributed by atoms with van der Waals surface area (Å²) < 4.78 is 57.1. The van der Waals surface area contributed by atoms with Gasteiger partial charge in [0.15, 0.2) is 0 Å². The first-order valence-electron chi connectivity index (χ1n) is 8.19. The molecular weight excluding hydrogens is 366 g/mol. The quantitative estimate of drug-likeness (QED) is 0.629. The minimum absolute atomic E-state index is 0.00469. The zero-order chi connectivity index (χ0) is 19.6. The number of ether oxygens (including phenoxy) is 1. The smallest absolute Gasteiger partial charge is 0.419 e. The van der Waals surface area contributed by atoms with E-state index < -0.39 is 41.1 Å². The maximum Gasteiger partial charge on any atom is 0.419 e. The molecular formula is C19H15F4NO3. The summed E-state index contributed by atoms with van der Waals surface area (Å²) in [6.45, 7) is 0. The molecule has 1 aliphatic carbocycles. The summed E-state index contributed by atoms with van der Waals surface area (Å²) in [6, 6.07) is 9.92. The van der Waals surface area contributed by atoms with Crippen molar-refractivity contribution < 1.29 is 31.9 Å². The molecule has 0 aliphatic heterocycles. The van der Waals surface area contributed by atoms with Crippen LogP contribution in [0.1, 0.15) is 40.4 Å². The number of rotatable bonds is 5. The number of carbonyl (C=O) groups excluding carboxylic acids is 2. The number of nitrogens with one attached hydrogen (secondary N) is 1. The second-order valence-corrected chi connectivity index (χ2v) is 6.17. The maximum absolute atomic E-state index is 13.4. The molecule has 4 nitrogen and oxygen atoms in total. The van der Waals surface area contributed by atoms with E-state index in [2.05, 4.69) is 5.32 Å². The van der Waals surface area contributed by atoms with Crippen LogP contribution in [0.3, 0.4) is 0 Å². The average Bonchev–Trinajstić information content (AvgIpc) is 3.43. The van der Waals surface area contributed by atoms with Crippen molar-refractivity contribution in [2.24, 2.45) is 0 Å². The number of carbonyl (C=O) groups is 2. The monoisotopic (exact) mass is 381 g/mol. The van der Waals surface area contributed by atoms with Gasteiger partial charge in [0, 0.05) is 11.6 Å². The van der Waals surface area contributed by atoms with Gasteiger partial charge in [-0.05, 0) is 31.0 Å². The number of esters is 1. The van der Waals surface area contributed by atoms with Crippen molar-refractivity contribution in [2.75, 3.05) is 0 Å². The Hall–Kier alpha value is -2.90. The maximum atomic E-state index is 13.4. The number of hydrogen-bond acceptors (Lipinski definition) is 3. The van der Waals surface area contributed by atoms with Gasteiger partial charge in [0.2, 0.25) is 6.10 Å². The molecule has 1 atom stereocenters. The van der Waals surface area contributed by atoms with E-state index in [1.54, 1.807) is 30.3 Å². The van der Waals surface area contributed by atoms with Crippen LogP contribution in [0.5, 0.6) is 0 Å². The highest BCUT2D eigenvalue weighted by Gasteiger charge is 2.36. The Bertz CT molecular complexity index is 848. The van der Waals surface area contributed by atoms with E-state index in [-0.39, 0.29) is 6.04 Å². The molecule has 2 aromatic carbocycles. The van der Waals surface area contributed by atoms with Gasteiger partial charge in [-0.3, -0.25) is 4.79 Å². The zero-order valence-electron chi connectivity index (χ0n) is 13.9. The molecule has 1 fully saturated rings. The van der Waals surface area contributed by atoms with Crippen molar-refractivity contribution in [1.82, 2.24) is 5.32 Å². The van der Waals surface area contributed by atoms with Gasteiger partial charge in [0.05, 0.1) is 11.1 Å². The van der Waals surface area contributed by atoms with E-state index in [1.165, 1.54) is 0 Å². The van der Waals surface area contributed by atoms with Crippen LogP contribution in [0.15, 0.2) is 48.5 Å². The SMILES string of the molecule is O=C(OC(C(=O)NC1CC1)c1ccccc1)c1ccc(F)c(C(F)(F)F)c1. The van der Waals surface area contributed by atoms with Gasteiger partial charge in [0.1, 0.15) is 5.82 Å². The predicted molar refractivity (Wildman–Crippen MR) is 87.2 cm³/mol. The summed E-state index contributed by atoms with van der Waals surface area (Å²) in [5, 5.41) is 2.70. The minimum Gasteiger partial charge on any atom is -0.444 e. The summed E-state index contributed by atoms with van der Waals surface area (Å²) in [7, 11) is 0. The average molecular weight is 381 g/mol. The second-order valence-electron chi connectivity index (χ2n) is 6.17. The lowest BCUT2D eigenvalue weighted by molar-refractivity contribution is -0.140. The van der Waals surface area contributed by atoms with E-state index in [4.69, 9.17) is 4.74 Å². The van der Waals surface area contributed by atoms with Gasteiger partial charge < -0.3 is 10.1 Å². The van der Waals surface area contributed by atoms with Crippen molar-refractivity contribution in [3.63, 3.8) is 0 Å². The van der Waals surface area contributed by atoms with Crippen LogP contribution in [-0.2, 0) is 15.7 Å². The topological polar surface area (TPSA) is 55.4 Å². The molecule has 27 heavy (non-hydrogen) atoms. The molecule has 0 saturated heterocycles. The lowest BCUT2D eigenvalue weighted by Crippen LogP contribution is -2.33. The van der Waals surface area contributed by atoms with Crippen LogP contribution in [0.25, 0.3) is 0 Å². The highest BCUT2D eigenvalue weighted by molar-refractivity contribution is 5.93. The summed E-state index contributed by atoms with van der Waals surface area (Å²) in [5.41, 5.74) is -1.69. The molecule has 1 aliphatic rings. The van der Waals surface area contributed by atoms with Gasteiger partial charge in [-0.15, -0.1) is 0 Å². The Kier molecular flexibility index (Phi) is 5.16. The van der Waals surface area contributed by atoms with Gasteiger partial charge >= 0.3 is 12.1 Å². The Morgan fingerprint density at radius 3 is 2.33 bits per heavy atom. The highest BCUT2D eigenvalue weighted by atomic mass is 19.4. The molecule has 1 saturated carbocycles. The molecule has 2 aromatic rings. The second kappa shape index (κ2) is 7.38. The largest absolute Gasteiger partial charge is 0.444 e. The van der Waals surface area contributed by atoms with E-state index >= 15 is 0 Å². The Labute approximate surface area is 152 Å². The van der Waals surface area contributed by atoms with Crippen LogP contribution < -0.4 is 5.32 Å². The number of alkyl halides is 3. The molecule has 3 rings (SSSR count). The Morgan fingerprint density at radius 2 is 1.74 bits per heavy atom. The summed E-state index contributed by atoms with van der Waals surface area (Å²) in [5.74, 6) is -3.21. The zero-order valence-corrected chi connectivity index (χ0v) is 13.9. The molecule has 1 N–H and O–H groups in total. The molecule has 8 heteroatoms. The number of hydrogen-bond donors (Lipinski definition) is 1. The molecule has 0 bridgehead atoms. The van der Waals surface area contributed by atoms with Crippen molar-refractivity contribution >= 4 is 11.9 Å². The first-order valence-corrected chi connectivity index (χ1v) is 8.19. The minimum atomic E-state index is -4.96. The van der Waals surface area contributed by atoms with Crippen molar-refractivity contribution in [1.29, 1.82) is 0 Å². The molecule has 142 valence electrons. The fourth-order valence-electron chi connectivity index (χ4n) is 2.45. The van der Waals surface area contributed by atoms with Crippen LogP contribution in [0.4, 0.5) is 17.6 Å². The van der Waals surface area contributed by atoms with Crippen LogP contribution in [-0.4, -0.2) is 17.9 Å². The summed E-state index contributed by atoms with van der Waals surface area (Å²) in [4.78, 5) is 24.7. The molecule has 0 heterocycles. The third kappa shape index (κ3) is 4.64. The summed E-state index contributed by atoms with van der Waals surface area (Å²) >= 11 is 0. The Morgan fingerprint density at radius 1 is 1.07 bits per heavy atom. The first-order chi connectivity index (χ1) is 12.8. The lowest BCUT2D eigenvalue weighted by Gasteiger charge is -2.18. The van der Waals surface area contributed by atoms with E-state index in [0.717, 1.165) is 18.9 Å².